The number of nitrogens with one attached hydrogen (secondary N) is 1. The molecule has 0 aliphatic heterocycles. The van der Waals surface area contributed by atoms with Crippen molar-refractivity contribution in [3.8, 4) is 0 Å². The van der Waals surface area contributed by atoms with Crippen LogP contribution in [0.4, 0.5) is 0 Å². The van der Waals surface area contributed by atoms with E-state index >= 15 is 0 Å². The van der Waals surface area contributed by atoms with Gasteiger partial charge in [-0.15, -0.1) is 0 Å². The van der Waals surface area contributed by atoms with Crippen LogP contribution in [0, 0.1) is 11.8 Å². The van der Waals surface area contributed by atoms with Crippen LogP contribution in [0.25, 0.3) is 0 Å². The average Bonchev–Trinajstić information content (AvgIpc) is 2.53. The molecule has 1 aliphatic carbocycles. The Hall–Kier alpha value is -1.35. The predicted octanol–water partition coefficient (Wildman–Crippen LogP) is 3.53. The van der Waals surface area contributed by atoms with Gasteiger partial charge in [-0.3, -0.25) is 10.1 Å². The highest BCUT2D eigenvalue weighted by atomic mass is 16.5. The monoisotopic (exact) mass is 289 g/mol. The Bertz CT molecular complexity index is 458. The van der Waals surface area contributed by atoms with Crippen LogP contribution >= 0.6 is 0 Å². The lowest BCUT2D eigenvalue weighted by atomic mass is 9.67. The smallest absolute Gasteiger partial charge is 0.326 e. The van der Waals surface area contributed by atoms with E-state index in [-0.39, 0.29) is 5.97 Å². The van der Waals surface area contributed by atoms with Crippen LogP contribution < -0.4 is 5.32 Å². The van der Waals surface area contributed by atoms with E-state index in [4.69, 9.17) is 4.74 Å². The topological polar surface area (TPSA) is 38.3 Å². The first-order chi connectivity index (χ1) is 10.1. The number of carbonyl (C=O) groups excluding carboxylic acids is 1. The Morgan fingerprint density at radius 3 is 2.67 bits per heavy atom. The van der Waals surface area contributed by atoms with Gasteiger partial charge in [-0.05, 0) is 30.2 Å². The third kappa shape index (κ3) is 3.46. The normalized spacial score (nSPS) is 25.8. The zero-order valence-electron chi connectivity index (χ0n) is 13.4. The summed E-state index contributed by atoms with van der Waals surface area (Å²) in [5.41, 5.74) is 0.672. The van der Waals surface area contributed by atoms with Crippen LogP contribution in [0.5, 0.6) is 0 Å². The molecular formula is C18H27NO2. The van der Waals surface area contributed by atoms with Crippen molar-refractivity contribution in [2.75, 3.05) is 7.11 Å². The number of hydrogen-bond acceptors (Lipinski definition) is 3. The van der Waals surface area contributed by atoms with Crippen molar-refractivity contribution in [3.05, 3.63) is 35.9 Å². The zero-order valence-corrected chi connectivity index (χ0v) is 13.4. The van der Waals surface area contributed by atoms with Gasteiger partial charge in [-0.25, -0.2) is 0 Å². The molecular weight excluding hydrogens is 262 g/mol. The van der Waals surface area contributed by atoms with Gasteiger partial charge >= 0.3 is 5.97 Å². The molecule has 1 aromatic carbocycles. The molecule has 1 fully saturated rings. The molecule has 1 N–H and O–H groups in total. The maximum Gasteiger partial charge on any atom is 0.326 e. The van der Waals surface area contributed by atoms with E-state index in [2.05, 4.69) is 31.3 Å². The second-order valence-corrected chi connectivity index (χ2v) is 6.40. The fourth-order valence-corrected chi connectivity index (χ4v) is 3.69. The zero-order chi connectivity index (χ0) is 15.3. The van der Waals surface area contributed by atoms with Crippen LogP contribution in [-0.2, 0) is 16.1 Å². The molecule has 1 saturated carbocycles. The number of esters is 1. The van der Waals surface area contributed by atoms with Crippen molar-refractivity contribution in [2.24, 2.45) is 11.8 Å². The van der Waals surface area contributed by atoms with E-state index in [0.717, 1.165) is 19.3 Å². The van der Waals surface area contributed by atoms with E-state index in [1.807, 2.05) is 18.2 Å². The molecule has 1 aliphatic rings. The van der Waals surface area contributed by atoms with E-state index in [1.54, 1.807) is 0 Å². The van der Waals surface area contributed by atoms with Crippen LogP contribution in [0.3, 0.4) is 0 Å². The van der Waals surface area contributed by atoms with E-state index in [1.165, 1.54) is 19.1 Å². The summed E-state index contributed by atoms with van der Waals surface area (Å²) in [5.74, 6) is 0.701. The van der Waals surface area contributed by atoms with E-state index < -0.39 is 5.54 Å². The van der Waals surface area contributed by atoms with Gasteiger partial charge in [-0.1, -0.05) is 57.0 Å². The highest BCUT2D eigenvalue weighted by Crippen LogP contribution is 2.39. The Kier molecular flexibility index (Phi) is 5.40. The SMILES string of the molecule is COC(=O)C1(NCc2ccccc2)CCCCC1C(C)C. The number of benzene rings is 1. The number of methoxy groups -OCH3 is 1. The number of rotatable bonds is 5. The van der Waals surface area contributed by atoms with E-state index in [9.17, 15) is 4.79 Å². The number of carbonyl (C=O) groups is 1. The molecule has 0 heterocycles. The first-order valence-electron chi connectivity index (χ1n) is 7.97. The van der Waals surface area contributed by atoms with Gasteiger partial charge < -0.3 is 4.74 Å². The van der Waals surface area contributed by atoms with Crippen molar-refractivity contribution in [2.45, 2.75) is 51.6 Å². The molecule has 0 aromatic heterocycles. The summed E-state index contributed by atoms with van der Waals surface area (Å²) in [6, 6.07) is 10.2. The Morgan fingerprint density at radius 1 is 1.33 bits per heavy atom. The molecule has 2 unspecified atom stereocenters. The molecule has 2 rings (SSSR count). The van der Waals surface area contributed by atoms with Crippen molar-refractivity contribution in [3.63, 3.8) is 0 Å². The summed E-state index contributed by atoms with van der Waals surface area (Å²) in [4.78, 5) is 12.5. The van der Waals surface area contributed by atoms with E-state index in [0.29, 0.717) is 18.4 Å². The first-order valence-corrected chi connectivity index (χ1v) is 7.97. The van der Waals surface area contributed by atoms with Crippen molar-refractivity contribution in [1.29, 1.82) is 0 Å². The summed E-state index contributed by atoms with van der Waals surface area (Å²) in [7, 11) is 1.50. The minimum Gasteiger partial charge on any atom is -0.468 e. The maximum absolute atomic E-state index is 12.5. The van der Waals surface area contributed by atoms with Gasteiger partial charge in [0.15, 0.2) is 0 Å². The lowest BCUT2D eigenvalue weighted by Gasteiger charge is -2.44. The van der Waals surface area contributed by atoms with Gasteiger partial charge in [0.25, 0.3) is 0 Å². The minimum atomic E-state index is -0.531. The molecule has 0 radical (unpaired) electrons. The lowest BCUT2D eigenvalue weighted by Crippen LogP contribution is -2.60. The van der Waals surface area contributed by atoms with Crippen molar-refractivity contribution < 1.29 is 9.53 Å². The van der Waals surface area contributed by atoms with Crippen molar-refractivity contribution in [1.82, 2.24) is 5.32 Å². The fraction of sp³-hybridized carbons (Fsp3) is 0.611. The summed E-state index contributed by atoms with van der Waals surface area (Å²) in [6.45, 7) is 5.12. The van der Waals surface area contributed by atoms with Crippen molar-refractivity contribution >= 4 is 5.97 Å². The third-order valence-corrected chi connectivity index (χ3v) is 4.77. The maximum atomic E-state index is 12.5. The molecule has 3 heteroatoms. The first kappa shape index (κ1) is 16.0. The second kappa shape index (κ2) is 7.08. The van der Waals surface area contributed by atoms with Gasteiger partial charge in [0, 0.05) is 6.54 Å². The lowest BCUT2D eigenvalue weighted by molar-refractivity contribution is -0.154. The van der Waals surface area contributed by atoms with Gasteiger partial charge in [0.05, 0.1) is 7.11 Å². The molecule has 0 spiro atoms. The Morgan fingerprint density at radius 2 is 2.05 bits per heavy atom. The highest BCUT2D eigenvalue weighted by molar-refractivity contribution is 5.81. The molecule has 2 atom stereocenters. The van der Waals surface area contributed by atoms with Crippen LogP contribution in [-0.4, -0.2) is 18.6 Å². The highest BCUT2D eigenvalue weighted by Gasteiger charge is 2.48. The molecule has 3 nitrogen and oxygen atoms in total. The molecule has 0 amide bonds. The van der Waals surface area contributed by atoms with Crippen LogP contribution in [0.1, 0.15) is 45.1 Å². The quantitative estimate of drug-likeness (QED) is 0.843. The number of hydrogen-bond donors (Lipinski definition) is 1. The largest absolute Gasteiger partial charge is 0.468 e. The van der Waals surface area contributed by atoms with Gasteiger partial charge in [0.1, 0.15) is 5.54 Å². The standard InChI is InChI=1S/C18H27NO2/c1-14(2)16-11-7-8-12-18(16,17(20)21-3)19-13-15-9-5-4-6-10-15/h4-6,9-10,14,16,19H,7-8,11-13H2,1-3H3. The molecule has 116 valence electrons. The molecule has 0 saturated heterocycles. The van der Waals surface area contributed by atoms with Crippen LogP contribution in [0.15, 0.2) is 30.3 Å². The van der Waals surface area contributed by atoms with Gasteiger partial charge in [0.2, 0.25) is 0 Å². The minimum absolute atomic E-state index is 0.100. The molecule has 21 heavy (non-hydrogen) atoms. The Labute approximate surface area is 128 Å². The van der Waals surface area contributed by atoms with Crippen LogP contribution in [0.2, 0.25) is 0 Å². The Balaban J connectivity index is 2.21. The third-order valence-electron chi connectivity index (χ3n) is 4.77. The molecule has 1 aromatic rings. The predicted molar refractivity (Wildman–Crippen MR) is 84.8 cm³/mol. The summed E-state index contributed by atoms with van der Waals surface area (Å²) in [6.07, 6.45) is 4.25. The summed E-state index contributed by atoms with van der Waals surface area (Å²) < 4.78 is 5.16. The molecule has 0 bridgehead atoms. The average molecular weight is 289 g/mol. The fourth-order valence-electron chi connectivity index (χ4n) is 3.69. The second-order valence-electron chi connectivity index (χ2n) is 6.40. The van der Waals surface area contributed by atoms with Gasteiger partial charge in [-0.2, -0.15) is 0 Å². The summed E-state index contributed by atoms with van der Waals surface area (Å²) in [5, 5.41) is 3.56. The summed E-state index contributed by atoms with van der Waals surface area (Å²) >= 11 is 0. The number of ether oxygens (including phenoxy) is 1.